The number of furan rings is 1. The third-order valence-corrected chi connectivity index (χ3v) is 5.21. The summed E-state index contributed by atoms with van der Waals surface area (Å²) in [5, 5.41) is 24.6. The summed E-state index contributed by atoms with van der Waals surface area (Å²) in [4.78, 5) is 11.5. The van der Waals surface area contributed by atoms with Crippen molar-refractivity contribution in [1.29, 1.82) is 0 Å². The van der Waals surface area contributed by atoms with E-state index >= 15 is 0 Å². The minimum Gasteiger partial charge on any atom is -0.481 e. The molecular weight excluding hydrogens is 366 g/mol. The van der Waals surface area contributed by atoms with Crippen LogP contribution in [0.3, 0.4) is 0 Å². The predicted molar refractivity (Wildman–Crippen MR) is 113 cm³/mol. The summed E-state index contributed by atoms with van der Waals surface area (Å²) >= 11 is 0. The number of nitrogens with zero attached hydrogens (tertiary/aromatic N) is 1. The lowest BCUT2D eigenvalue weighted by molar-refractivity contribution is -0.137. The summed E-state index contributed by atoms with van der Waals surface area (Å²) in [7, 11) is 0. The quantitative estimate of drug-likeness (QED) is 0.250. The van der Waals surface area contributed by atoms with Crippen molar-refractivity contribution in [2.75, 3.05) is 0 Å². The van der Waals surface area contributed by atoms with Crippen LogP contribution in [0.4, 0.5) is 0 Å². The van der Waals surface area contributed by atoms with Crippen LogP contribution in [0, 0.1) is 5.92 Å². The summed E-state index contributed by atoms with van der Waals surface area (Å²) in [6.07, 6.45) is 1.17. The molecule has 3 aromatic carbocycles. The first-order valence-corrected chi connectivity index (χ1v) is 9.55. The summed E-state index contributed by atoms with van der Waals surface area (Å²) in [5.41, 5.74) is 3.73. The molecule has 0 bridgehead atoms. The highest BCUT2D eigenvalue weighted by Crippen LogP contribution is 2.30. The van der Waals surface area contributed by atoms with Gasteiger partial charge in [0.1, 0.15) is 11.2 Å². The molecule has 0 aliphatic carbocycles. The number of carboxylic acid groups (broad SMARTS) is 1. The van der Waals surface area contributed by atoms with Crippen LogP contribution in [-0.4, -0.2) is 22.0 Å². The molecule has 5 nitrogen and oxygen atoms in total. The van der Waals surface area contributed by atoms with Crippen LogP contribution in [0.15, 0.2) is 82.4 Å². The third-order valence-electron chi connectivity index (χ3n) is 5.21. The van der Waals surface area contributed by atoms with Gasteiger partial charge in [0, 0.05) is 22.3 Å². The van der Waals surface area contributed by atoms with Crippen LogP contribution >= 0.6 is 0 Å². The van der Waals surface area contributed by atoms with Crippen LogP contribution in [0.5, 0.6) is 0 Å². The molecule has 0 saturated heterocycles. The highest BCUT2D eigenvalue weighted by atomic mass is 16.4. The standard InChI is InChI=1S/C24H21NO4/c26-23(27)15-18(11-10-16-6-2-1-3-7-16)24(25-28)17-12-13-22-20(14-17)19-8-4-5-9-21(19)29-22/h1-9,12-14,18,28H,10-11,15H2,(H,26,27)/b25-24-. The maximum atomic E-state index is 11.5. The van der Waals surface area contributed by atoms with Gasteiger partial charge < -0.3 is 14.7 Å². The summed E-state index contributed by atoms with van der Waals surface area (Å²) in [6.45, 7) is 0. The van der Waals surface area contributed by atoms with E-state index in [1.807, 2.05) is 72.8 Å². The van der Waals surface area contributed by atoms with Crippen molar-refractivity contribution in [3.63, 3.8) is 0 Å². The highest BCUT2D eigenvalue weighted by Gasteiger charge is 2.23. The van der Waals surface area contributed by atoms with Crippen LogP contribution in [-0.2, 0) is 11.2 Å². The van der Waals surface area contributed by atoms with Gasteiger partial charge >= 0.3 is 5.97 Å². The van der Waals surface area contributed by atoms with Crippen LogP contribution < -0.4 is 0 Å². The fourth-order valence-corrected chi connectivity index (χ4v) is 3.79. The number of fused-ring (bicyclic) bond motifs is 3. The Balaban J connectivity index is 1.68. The molecule has 4 rings (SSSR count). The smallest absolute Gasteiger partial charge is 0.304 e. The van der Waals surface area contributed by atoms with Crippen molar-refractivity contribution in [3.05, 3.63) is 83.9 Å². The number of rotatable bonds is 7. The Hall–Kier alpha value is -3.60. The second-order valence-corrected chi connectivity index (χ2v) is 7.11. The Morgan fingerprint density at radius 3 is 2.41 bits per heavy atom. The number of oxime groups is 1. The van der Waals surface area contributed by atoms with Gasteiger partial charge in [0.05, 0.1) is 12.1 Å². The normalized spacial score (nSPS) is 13.0. The fraction of sp³-hybridized carbons (Fsp3) is 0.167. The average Bonchev–Trinajstić information content (AvgIpc) is 3.11. The van der Waals surface area contributed by atoms with E-state index in [0.29, 0.717) is 24.1 Å². The number of aryl methyl sites for hydroxylation is 1. The van der Waals surface area contributed by atoms with E-state index in [0.717, 1.165) is 27.5 Å². The first-order chi connectivity index (χ1) is 14.2. The molecule has 1 heterocycles. The van der Waals surface area contributed by atoms with E-state index in [4.69, 9.17) is 4.42 Å². The van der Waals surface area contributed by atoms with E-state index in [1.54, 1.807) is 0 Å². The van der Waals surface area contributed by atoms with E-state index in [9.17, 15) is 15.1 Å². The van der Waals surface area contributed by atoms with Crippen LogP contribution in [0.2, 0.25) is 0 Å². The van der Waals surface area contributed by atoms with Gasteiger partial charge in [0.2, 0.25) is 0 Å². The third kappa shape index (κ3) is 3.99. The minimum absolute atomic E-state index is 0.101. The maximum Gasteiger partial charge on any atom is 0.304 e. The zero-order valence-electron chi connectivity index (χ0n) is 15.8. The number of carbonyl (C=O) groups is 1. The van der Waals surface area contributed by atoms with Gasteiger partial charge in [-0.05, 0) is 42.7 Å². The molecule has 29 heavy (non-hydrogen) atoms. The first kappa shape index (κ1) is 18.7. The Kier molecular flexibility index (Phi) is 5.29. The van der Waals surface area contributed by atoms with Gasteiger partial charge in [-0.15, -0.1) is 0 Å². The van der Waals surface area contributed by atoms with Gasteiger partial charge in [-0.25, -0.2) is 0 Å². The predicted octanol–water partition coefficient (Wildman–Crippen LogP) is 5.49. The van der Waals surface area contributed by atoms with Gasteiger partial charge in [-0.1, -0.05) is 53.7 Å². The Bertz CT molecular complexity index is 1180. The zero-order chi connectivity index (χ0) is 20.2. The largest absolute Gasteiger partial charge is 0.481 e. The molecule has 0 saturated carbocycles. The Morgan fingerprint density at radius 2 is 1.66 bits per heavy atom. The summed E-state index contributed by atoms with van der Waals surface area (Å²) < 4.78 is 5.85. The molecule has 1 atom stereocenters. The number of hydrogen-bond acceptors (Lipinski definition) is 4. The summed E-state index contributed by atoms with van der Waals surface area (Å²) in [6, 6.07) is 23.2. The van der Waals surface area contributed by atoms with E-state index < -0.39 is 11.9 Å². The molecule has 0 spiro atoms. The van der Waals surface area contributed by atoms with Gasteiger partial charge in [-0.2, -0.15) is 0 Å². The van der Waals surface area contributed by atoms with E-state index in [2.05, 4.69) is 5.16 Å². The number of carboxylic acids is 1. The first-order valence-electron chi connectivity index (χ1n) is 9.55. The molecule has 2 N–H and O–H groups in total. The molecule has 0 radical (unpaired) electrons. The molecular formula is C24H21NO4. The minimum atomic E-state index is -0.918. The Morgan fingerprint density at radius 1 is 0.931 bits per heavy atom. The highest BCUT2D eigenvalue weighted by molar-refractivity contribution is 6.10. The van der Waals surface area contributed by atoms with Gasteiger partial charge in [0.25, 0.3) is 0 Å². The molecule has 0 fully saturated rings. The van der Waals surface area contributed by atoms with Crippen LogP contribution in [0.1, 0.15) is 24.0 Å². The zero-order valence-corrected chi connectivity index (χ0v) is 15.8. The van der Waals surface area contributed by atoms with Crippen molar-refractivity contribution in [3.8, 4) is 0 Å². The molecule has 4 aromatic rings. The number of hydrogen-bond donors (Lipinski definition) is 2. The van der Waals surface area contributed by atoms with Crippen molar-refractivity contribution in [2.24, 2.45) is 11.1 Å². The number of para-hydroxylation sites is 1. The molecule has 0 aliphatic heterocycles. The maximum absolute atomic E-state index is 11.5. The number of benzene rings is 3. The van der Waals surface area contributed by atoms with Crippen molar-refractivity contribution < 1.29 is 19.5 Å². The van der Waals surface area contributed by atoms with Gasteiger partial charge in [0.15, 0.2) is 0 Å². The second kappa shape index (κ2) is 8.19. The van der Waals surface area contributed by atoms with E-state index in [1.165, 1.54) is 0 Å². The van der Waals surface area contributed by atoms with E-state index in [-0.39, 0.29) is 6.42 Å². The molecule has 1 aromatic heterocycles. The SMILES string of the molecule is O=C(O)CC(CCc1ccccc1)/C(=N\O)c1ccc2oc3ccccc3c2c1. The summed E-state index contributed by atoms with van der Waals surface area (Å²) in [5.74, 6) is -1.33. The lowest BCUT2D eigenvalue weighted by Crippen LogP contribution is -2.20. The van der Waals surface area contributed by atoms with Gasteiger partial charge in [-0.3, -0.25) is 4.79 Å². The second-order valence-electron chi connectivity index (χ2n) is 7.11. The van der Waals surface area contributed by atoms with Crippen LogP contribution in [0.25, 0.3) is 21.9 Å². The molecule has 0 aliphatic rings. The molecule has 0 amide bonds. The lowest BCUT2D eigenvalue weighted by atomic mass is 9.88. The molecule has 146 valence electrons. The molecule has 5 heteroatoms. The van der Waals surface area contributed by atoms with Crippen molar-refractivity contribution in [1.82, 2.24) is 0 Å². The lowest BCUT2D eigenvalue weighted by Gasteiger charge is -2.17. The van der Waals surface area contributed by atoms with Crippen molar-refractivity contribution in [2.45, 2.75) is 19.3 Å². The average molecular weight is 387 g/mol. The van der Waals surface area contributed by atoms with Crippen molar-refractivity contribution >= 4 is 33.6 Å². The number of aliphatic carboxylic acids is 1. The monoisotopic (exact) mass is 387 g/mol. The molecule has 1 unspecified atom stereocenters. The fourth-order valence-electron chi connectivity index (χ4n) is 3.79. The Labute approximate surface area is 167 Å². The topological polar surface area (TPSA) is 83.0 Å².